The Morgan fingerprint density at radius 3 is 2.50 bits per heavy atom. The van der Waals surface area contributed by atoms with E-state index in [-0.39, 0.29) is 6.04 Å². The minimum absolute atomic E-state index is 0.358. The second-order valence-corrected chi connectivity index (χ2v) is 8.73. The number of likely N-dealkylation sites (tertiary alicyclic amines) is 1. The van der Waals surface area contributed by atoms with Crippen molar-refractivity contribution in [1.82, 2.24) is 4.90 Å². The molecule has 164 valence electrons. The van der Waals surface area contributed by atoms with E-state index in [9.17, 15) is 9.90 Å². The number of carboxylic acid groups (broad SMARTS) is 1. The number of aliphatic carboxylic acids is 1. The number of nitrogens with zero attached hydrogens (tertiary/aromatic N) is 1. The lowest BCUT2D eigenvalue weighted by Gasteiger charge is -2.33. The van der Waals surface area contributed by atoms with Crippen LogP contribution in [0.4, 0.5) is 0 Å². The van der Waals surface area contributed by atoms with E-state index in [1.54, 1.807) is 0 Å². The first kappa shape index (κ1) is 22.0. The van der Waals surface area contributed by atoms with Gasteiger partial charge in [-0.25, -0.2) is 0 Å². The summed E-state index contributed by atoms with van der Waals surface area (Å²) in [6.07, 6.45) is 7.19. The lowest BCUT2D eigenvalue weighted by atomic mass is 9.95. The number of carbonyl (C=O) groups is 1. The van der Waals surface area contributed by atoms with Gasteiger partial charge in [-0.1, -0.05) is 85.3 Å². The normalized spacial score (nSPS) is 17.0. The molecule has 0 radical (unpaired) electrons. The van der Waals surface area contributed by atoms with Crippen molar-refractivity contribution in [2.24, 2.45) is 0 Å². The molecule has 1 heterocycles. The summed E-state index contributed by atoms with van der Waals surface area (Å²) in [5.41, 5.74) is 8.55. The van der Waals surface area contributed by atoms with Crippen molar-refractivity contribution in [1.29, 1.82) is 0 Å². The van der Waals surface area contributed by atoms with Gasteiger partial charge in [0.2, 0.25) is 0 Å². The molecule has 0 aliphatic carbocycles. The average molecular weight is 426 g/mol. The Balaban J connectivity index is 1.51. The fraction of sp³-hybridized carbons (Fsp3) is 0.276. The molecule has 0 saturated carbocycles. The highest BCUT2D eigenvalue weighted by Gasteiger charge is 2.28. The van der Waals surface area contributed by atoms with E-state index in [0.29, 0.717) is 6.54 Å². The molecule has 32 heavy (non-hydrogen) atoms. The van der Waals surface area contributed by atoms with Crippen LogP contribution in [0.3, 0.4) is 0 Å². The van der Waals surface area contributed by atoms with E-state index in [2.05, 4.69) is 91.6 Å². The molecule has 1 aliphatic heterocycles. The third kappa shape index (κ3) is 5.00. The summed E-state index contributed by atoms with van der Waals surface area (Å²) in [7, 11) is 0. The zero-order valence-electron chi connectivity index (χ0n) is 18.9. The van der Waals surface area contributed by atoms with Crippen molar-refractivity contribution >= 4 is 18.1 Å². The van der Waals surface area contributed by atoms with Gasteiger partial charge in [-0.05, 0) is 72.2 Å². The van der Waals surface area contributed by atoms with Gasteiger partial charge in [-0.3, -0.25) is 9.69 Å². The fourth-order valence-electron chi connectivity index (χ4n) is 4.66. The molecular weight excluding hydrogens is 394 g/mol. The first-order valence-electron chi connectivity index (χ1n) is 11.4. The topological polar surface area (TPSA) is 40.5 Å². The molecule has 3 nitrogen and oxygen atoms in total. The molecule has 4 rings (SSSR count). The van der Waals surface area contributed by atoms with E-state index in [4.69, 9.17) is 0 Å². The Labute approximate surface area is 191 Å². The number of piperidine rings is 1. The van der Waals surface area contributed by atoms with Gasteiger partial charge in [0.15, 0.2) is 0 Å². The Kier molecular flexibility index (Phi) is 6.87. The van der Waals surface area contributed by atoms with Crippen molar-refractivity contribution in [2.45, 2.75) is 45.7 Å². The third-order valence-electron chi connectivity index (χ3n) is 6.52. The van der Waals surface area contributed by atoms with E-state index < -0.39 is 5.97 Å². The molecular formula is C29H31NO2. The highest BCUT2D eigenvalue weighted by atomic mass is 16.4. The SMILES string of the molecule is Cc1cc(CN2CCCC[C@H]2C(=O)O)ccc1/C=C/c1cccc(-c2ccccc2)c1C. The maximum atomic E-state index is 11.6. The molecule has 1 fully saturated rings. The van der Waals surface area contributed by atoms with Crippen LogP contribution in [0.25, 0.3) is 23.3 Å². The quantitative estimate of drug-likeness (QED) is 0.454. The Morgan fingerprint density at radius 1 is 0.969 bits per heavy atom. The second kappa shape index (κ2) is 9.97. The average Bonchev–Trinajstić information content (AvgIpc) is 2.80. The summed E-state index contributed by atoms with van der Waals surface area (Å²) in [6.45, 7) is 5.85. The summed E-state index contributed by atoms with van der Waals surface area (Å²) in [5, 5.41) is 9.53. The van der Waals surface area contributed by atoms with E-state index in [1.165, 1.54) is 38.9 Å². The molecule has 0 bridgehead atoms. The zero-order chi connectivity index (χ0) is 22.5. The zero-order valence-corrected chi connectivity index (χ0v) is 18.9. The van der Waals surface area contributed by atoms with Crippen LogP contribution >= 0.6 is 0 Å². The van der Waals surface area contributed by atoms with Crippen LogP contribution in [0.15, 0.2) is 66.7 Å². The number of aryl methyl sites for hydroxylation is 1. The van der Waals surface area contributed by atoms with Crippen molar-refractivity contribution in [3.63, 3.8) is 0 Å². The summed E-state index contributed by atoms with van der Waals surface area (Å²) in [4.78, 5) is 13.7. The van der Waals surface area contributed by atoms with Crippen molar-refractivity contribution in [3.05, 3.63) is 94.5 Å². The van der Waals surface area contributed by atoms with Crippen molar-refractivity contribution in [2.75, 3.05) is 6.54 Å². The molecule has 0 amide bonds. The molecule has 1 atom stereocenters. The van der Waals surface area contributed by atoms with Crippen LogP contribution in [-0.2, 0) is 11.3 Å². The third-order valence-corrected chi connectivity index (χ3v) is 6.52. The summed E-state index contributed by atoms with van der Waals surface area (Å²) in [5.74, 6) is -0.700. The molecule has 0 unspecified atom stereocenters. The van der Waals surface area contributed by atoms with Gasteiger partial charge in [0, 0.05) is 6.54 Å². The van der Waals surface area contributed by atoms with Crippen LogP contribution in [-0.4, -0.2) is 28.6 Å². The largest absolute Gasteiger partial charge is 0.480 e. The number of carboxylic acids is 1. The first-order chi connectivity index (χ1) is 15.5. The Morgan fingerprint density at radius 2 is 1.75 bits per heavy atom. The summed E-state index contributed by atoms with van der Waals surface area (Å²) in [6, 6.07) is 23.1. The predicted molar refractivity (Wildman–Crippen MR) is 132 cm³/mol. The van der Waals surface area contributed by atoms with Gasteiger partial charge in [0.05, 0.1) is 0 Å². The lowest BCUT2D eigenvalue weighted by Crippen LogP contribution is -2.44. The van der Waals surface area contributed by atoms with Gasteiger partial charge in [0.25, 0.3) is 0 Å². The standard InChI is InChI=1S/C29H31NO2/c1-21-19-23(20-30-18-7-6-13-28(30)29(31)32)14-15-24(21)16-17-25-11-8-12-27(22(25)2)26-9-4-3-5-10-26/h3-5,8-12,14-17,19,28H,6-7,13,18,20H2,1-2H3,(H,31,32)/b17-16+/t28-/m0/s1. The predicted octanol–water partition coefficient (Wildman–Crippen LogP) is 6.58. The van der Waals surface area contributed by atoms with E-state index >= 15 is 0 Å². The highest BCUT2D eigenvalue weighted by molar-refractivity contribution is 5.78. The molecule has 3 aromatic rings. The maximum absolute atomic E-state index is 11.6. The molecule has 0 aromatic heterocycles. The lowest BCUT2D eigenvalue weighted by molar-refractivity contribution is -0.144. The van der Waals surface area contributed by atoms with Crippen molar-refractivity contribution in [3.8, 4) is 11.1 Å². The maximum Gasteiger partial charge on any atom is 0.320 e. The molecule has 0 spiro atoms. The summed E-state index contributed by atoms with van der Waals surface area (Å²) >= 11 is 0. The Bertz CT molecular complexity index is 1120. The summed E-state index contributed by atoms with van der Waals surface area (Å²) < 4.78 is 0. The number of benzene rings is 3. The smallest absolute Gasteiger partial charge is 0.320 e. The van der Waals surface area contributed by atoms with Crippen LogP contribution in [0, 0.1) is 13.8 Å². The first-order valence-corrected chi connectivity index (χ1v) is 11.4. The molecule has 3 aromatic carbocycles. The van der Waals surface area contributed by atoms with Crippen LogP contribution in [0.5, 0.6) is 0 Å². The molecule has 1 aliphatic rings. The number of hydrogen-bond donors (Lipinski definition) is 1. The van der Waals surface area contributed by atoms with E-state index in [0.717, 1.165) is 25.8 Å². The minimum atomic E-state index is -0.700. The molecule has 3 heteroatoms. The van der Waals surface area contributed by atoms with Crippen LogP contribution in [0.2, 0.25) is 0 Å². The van der Waals surface area contributed by atoms with Crippen LogP contribution in [0.1, 0.15) is 47.1 Å². The molecule has 1 saturated heterocycles. The van der Waals surface area contributed by atoms with Gasteiger partial charge in [-0.2, -0.15) is 0 Å². The van der Waals surface area contributed by atoms with E-state index in [1.807, 2.05) is 6.07 Å². The monoisotopic (exact) mass is 425 g/mol. The highest BCUT2D eigenvalue weighted by Crippen LogP contribution is 2.27. The van der Waals surface area contributed by atoms with Crippen LogP contribution < -0.4 is 0 Å². The Hall–Kier alpha value is -3.17. The number of hydrogen-bond acceptors (Lipinski definition) is 2. The van der Waals surface area contributed by atoms with Gasteiger partial charge < -0.3 is 5.11 Å². The fourth-order valence-corrected chi connectivity index (χ4v) is 4.66. The second-order valence-electron chi connectivity index (χ2n) is 8.73. The minimum Gasteiger partial charge on any atom is -0.480 e. The number of rotatable bonds is 6. The van der Waals surface area contributed by atoms with Crippen molar-refractivity contribution < 1.29 is 9.90 Å². The van der Waals surface area contributed by atoms with Gasteiger partial charge in [0.1, 0.15) is 6.04 Å². The van der Waals surface area contributed by atoms with Gasteiger partial charge >= 0.3 is 5.97 Å². The van der Waals surface area contributed by atoms with Gasteiger partial charge in [-0.15, -0.1) is 0 Å². The molecule has 1 N–H and O–H groups in total.